The molecule has 31 heavy (non-hydrogen) atoms. The number of hydrogen-bond donors (Lipinski definition) is 1. The number of anilines is 1. The standard InChI is InChI=1S/C24H23FN4O2/c1-15-22-20(23(30)26-19-10-4-16(5-11-19)12-13-29(2)3)14-21(27-24(22)31-28-15)17-6-8-18(25)9-7-17/h4-11,14H,12-13H2,1-3H3,(H,26,30). The Morgan fingerprint density at radius 2 is 1.81 bits per heavy atom. The minimum Gasteiger partial charge on any atom is -0.335 e. The maximum atomic E-state index is 13.3. The molecule has 0 radical (unpaired) electrons. The van der Waals surface area contributed by atoms with E-state index in [2.05, 4.69) is 20.4 Å². The van der Waals surface area contributed by atoms with Crippen LogP contribution in [0.15, 0.2) is 59.1 Å². The number of likely N-dealkylation sites (N-methyl/N-ethyl adjacent to an activating group) is 1. The molecule has 0 saturated heterocycles. The van der Waals surface area contributed by atoms with Gasteiger partial charge in [-0.15, -0.1) is 0 Å². The largest absolute Gasteiger partial charge is 0.335 e. The van der Waals surface area contributed by atoms with Gasteiger partial charge < -0.3 is 14.7 Å². The lowest BCUT2D eigenvalue weighted by Gasteiger charge is -2.11. The lowest BCUT2D eigenvalue weighted by atomic mass is 10.0. The van der Waals surface area contributed by atoms with Crippen LogP contribution >= 0.6 is 0 Å². The van der Waals surface area contributed by atoms with Gasteiger partial charge >= 0.3 is 0 Å². The molecule has 158 valence electrons. The molecule has 0 fully saturated rings. The maximum absolute atomic E-state index is 13.3. The van der Waals surface area contributed by atoms with Crippen molar-refractivity contribution in [2.75, 3.05) is 26.0 Å². The van der Waals surface area contributed by atoms with Gasteiger partial charge in [-0.25, -0.2) is 9.37 Å². The van der Waals surface area contributed by atoms with Crippen LogP contribution in [0.2, 0.25) is 0 Å². The summed E-state index contributed by atoms with van der Waals surface area (Å²) in [6.45, 7) is 2.72. The van der Waals surface area contributed by atoms with Crippen LogP contribution in [0.4, 0.5) is 10.1 Å². The number of aromatic nitrogens is 2. The Kier molecular flexibility index (Phi) is 5.77. The summed E-state index contributed by atoms with van der Waals surface area (Å²) in [5.74, 6) is -0.629. The third-order valence-electron chi connectivity index (χ3n) is 5.06. The summed E-state index contributed by atoms with van der Waals surface area (Å²) in [6.07, 6.45) is 0.938. The average Bonchev–Trinajstić information content (AvgIpc) is 3.14. The van der Waals surface area contributed by atoms with E-state index in [0.717, 1.165) is 13.0 Å². The number of carbonyl (C=O) groups is 1. The Morgan fingerprint density at radius 1 is 1.10 bits per heavy atom. The van der Waals surface area contributed by atoms with E-state index in [0.29, 0.717) is 33.6 Å². The molecule has 0 saturated carbocycles. The Morgan fingerprint density at radius 3 is 2.48 bits per heavy atom. The number of halogens is 1. The van der Waals surface area contributed by atoms with Crippen molar-refractivity contribution in [1.29, 1.82) is 0 Å². The predicted molar refractivity (Wildman–Crippen MR) is 119 cm³/mol. The molecule has 4 aromatic rings. The van der Waals surface area contributed by atoms with Crippen LogP contribution in [-0.4, -0.2) is 41.6 Å². The molecule has 0 unspecified atom stereocenters. The number of amides is 1. The number of pyridine rings is 1. The number of fused-ring (bicyclic) bond motifs is 1. The normalized spacial score (nSPS) is 11.3. The molecule has 2 heterocycles. The van der Waals surface area contributed by atoms with Gasteiger partial charge in [-0.1, -0.05) is 17.3 Å². The van der Waals surface area contributed by atoms with E-state index >= 15 is 0 Å². The summed E-state index contributed by atoms with van der Waals surface area (Å²) in [5, 5.41) is 7.46. The quantitative estimate of drug-likeness (QED) is 0.492. The molecule has 0 atom stereocenters. The Balaban J connectivity index is 1.64. The number of nitrogens with one attached hydrogen (secondary N) is 1. The molecule has 1 amide bonds. The zero-order chi connectivity index (χ0) is 22.0. The van der Waals surface area contributed by atoms with Gasteiger partial charge in [0.1, 0.15) is 5.82 Å². The van der Waals surface area contributed by atoms with E-state index in [4.69, 9.17) is 4.52 Å². The Bertz CT molecular complexity index is 1220. The summed E-state index contributed by atoms with van der Waals surface area (Å²) in [5.41, 5.74) is 4.33. The molecule has 0 aliphatic carbocycles. The van der Waals surface area contributed by atoms with Crippen molar-refractivity contribution in [2.45, 2.75) is 13.3 Å². The fourth-order valence-corrected chi connectivity index (χ4v) is 3.35. The number of hydrogen-bond acceptors (Lipinski definition) is 5. The van der Waals surface area contributed by atoms with Crippen molar-refractivity contribution >= 4 is 22.7 Å². The van der Waals surface area contributed by atoms with Gasteiger partial charge in [0, 0.05) is 17.8 Å². The first-order valence-corrected chi connectivity index (χ1v) is 9.98. The van der Waals surface area contributed by atoms with Gasteiger partial charge in [-0.2, -0.15) is 0 Å². The van der Waals surface area contributed by atoms with Gasteiger partial charge in [0.25, 0.3) is 11.6 Å². The fraction of sp³-hybridized carbons (Fsp3) is 0.208. The lowest BCUT2D eigenvalue weighted by Crippen LogP contribution is -2.15. The molecule has 2 aromatic heterocycles. The number of carbonyl (C=O) groups excluding carboxylic acids is 1. The zero-order valence-corrected chi connectivity index (χ0v) is 17.6. The van der Waals surface area contributed by atoms with Crippen LogP contribution in [0.5, 0.6) is 0 Å². The molecule has 2 aromatic carbocycles. The zero-order valence-electron chi connectivity index (χ0n) is 17.6. The van der Waals surface area contributed by atoms with Crippen LogP contribution in [0.25, 0.3) is 22.4 Å². The topological polar surface area (TPSA) is 71.3 Å². The Hall–Kier alpha value is -3.58. The van der Waals surface area contributed by atoms with Crippen LogP contribution in [-0.2, 0) is 6.42 Å². The van der Waals surface area contributed by atoms with E-state index in [-0.39, 0.29) is 17.4 Å². The molecule has 0 aliphatic rings. The van der Waals surface area contributed by atoms with E-state index < -0.39 is 0 Å². The third kappa shape index (κ3) is 4.62. The van der Waals surface area contributed by atoms with Crippen molar-refractivity contribution in [3.63, 3.8) is 0 Å². The molecular weight excluding hydrogens is 395 g/mol. The second kappa shape index (κ2) is 8.65. The first-order chi connectivity index (χ1) is 14.9. The molecule has 4 rings (SSSR count). The summed E-state index contributed by atoms with van der Waals surface area (Å²) in [6, 6.07) is 15.4. The van der Waals surface area contributed by atoms with Crippen molar-refractivity contribution in [3.05, 3.63) is 77.2 Å². The smallest absolute Gasteiger partial charge is 0.259 e. The van der Waals surface area contributed by atoms with Crippen LogP contribution < -0.4 is 5.32 Å². The average molecular weight is 418 g/mol. The van der Waals surface area contributed by atoms with E-state index in [1.165, 1.54) is 17.7 Å². The lowest BCUT2D eigenvalue weighted by molar-refractivity contribution is 0.102. The van der Waals surface area contributed by atoms with Crippen molar-refractivity contribution in [2.24, 2.45) is 0 Å². The molecule has 0 aliphatic heterocycles. The highest BCUT2D eigenvalue weighted by Gasteiger charge is 2.19. The van der Waals surface area contributed by atoms with Crippen LogP contribution in [0.3, 0.4) is 0 Å². The summed E-state index contributed by atoms with van der Waals surface area (Å²) < 4.78 is 18.6. The van der Waals surface area contributed by atoms with Gasteiger partial charge in [0.2, 0.25) is 0 Å². The van der Waals surface area contributed by atoms with Gasteiger partial charge in [0.05, 0.1) is 22.3 Å². The highest BCUT2D eigenvalue weighted by atomic mass is 19.1. The first-order valence-electron chi connectivity index (χ1n) is 9.98. The second-order valence-electron chi connectivity index (χ2n) is 7.71. The first kappa shape index (κ1) is 20.7. The number of nitrogens with zero attached hydrogens (tertiary/aromatic N) is 3. The van der Waals surface area contributed by atoms with Gasteiger partial charge in [-0.3, -0.25) is 4.79 Å². The highest BCUT2D eigenvalue weighted by Crippen LogP contribution is 2.28. The fourth-order valence-electron chi connectivity index (χ4n) is 3.35. The van der Waals surface area contributed by atoms with Crippen molar-refractivity contribution in [3.8, 4) is 11.3 Å². The molecule has 1 N–H and O–H groups in total. The number of aryl methyl sites for hydroxylation is 1. The second-order valence-corrected chi connectivity index (χ2v) is 7.71. The number of benzene rings is 2. The third-order valence-corrected chi connectivity index (χ3v) is 5.06. The minimum absolute atomic E-state index is 0.267. The predicted octanol–water partition coefficient (Wildman–Crippen LogP) is 4.69. The Labute approximate surface area is 179 Å². The maximum Gasteiger partial charge on any atom is 0.259 e. The monoisotopic (exact) mass is 418 g/mol. The van der Waals surface area contributed by atoms with Crippen LogP contribution in [0, 0.1) is 12.7 Å². The van der Waals surface area contributed by atoms with E-state index in [9.17, 15) is 9.18 Å². The highest BCUT2D eigenvalue weighted by molar-refractivity contribution is 6.13. The van der Waals surface area contributed by atoms with Crippen molar-refractivity contribution < 1.29 is 13.7 Å². The van der Waals surface area contributed by atoms with Crippen molar-refractivity contribution in [1.82, 2.24) is 15.0 Å². The van der Waals surface area contributed by atoms with Gasteiger partial charge in [0.15, 0.2) is 0 Å². The molecule has 6 nitrogen and oxygen atoms in total. The van der Waals surface area contributed by atoms with Crippen LogP contribution in [0.1, 0.15) is 21.6 Å². The SMILES string of the molecule is Cc1noc2nc(-c3ccc(F)cc3)cc(C(=O)Nc3ccc(CCN(C)C)cc3)c12. The molecular formula is C24H23FN4O2. The van der Waals surface area contributed by atoms with E-state index in [1.807, 2.05) is 38.4 Å². The summed E-state index contributed by atoms with van der Waals surface area (Å²) in [7, 11) is 4.08. The van der Waals surface area contributed by atoms with Gasteiger partial charge in [-0.05, 0) is 75.5 Å². The molecule has 0 spiro atoms. The minimum atomic E-state index is -0.340. The molecule has 0 bridgehead atoms. The molecule has 7 heteroatoms. The summed E-state index contributed by atoms with van der Waals surface area (Å²) >= 11 is 0. The number of rotatable bonds is 6. The summed E-state index contributed by atoms with van der Waals surface area (Å²) in [4.78, 5) is 19.7. The van der Waals surface area contributed by atoms with E-state index in [1.54, 1.807) is 25.1 Å².